The van der Waals surface area contributed by atoms with Crippen LogP contribution in [0.2, 0.25) is 0 Å². The summed E-state index contributed by atoms with van der Waals surface area (Å²) in [5.74, 6) is 0.904. The Morgan fingerprint density at radius 1 is 1.70 bits per heavy atom. The lowest BCUT2D eigenvalue weighted by molar-refractivity contribution is -0.107. The summed E-state index contributed by atoms with van der Waals surface area (Å²) in [7, 11) is 0. The van der Waals surface area contributed by atoms with Crippen LogP contribution in [0.3, 0.4) is 0 Å². The monoisotopic (exact) mass is 138 g/mol. The van der Waals surface area contributed by atoms with Crippen molar-refractivity contribution in [2.75, 3.05) is 0 Å². The van der Waals surface area contributed by atoms with Crippen molar-refractivity contribution in [3.63, 3.8) is 0 Å². The van der Waals surface area contributed by atoms with E-state index in [0.717, 1.165) is 24.0 Å². The Labute approximate surface area is 59.8 Å². The van der Waals surface area contributed by atoms with Gasteiger partial charge in [-0.3, -0.25) is 0 Å². The number of hydrogen-bond acceptors (Lipinski definition) is 2. The first-order chi connectivity index (χ1) is 4.83. The van der Waals surface area contributed by atoms with Crippen LogP contribution in [0, 0.1) is 6.92 Å². The quantitative estimate of drug-likeness (QED) is 0.595. The molecule has 0 saturated carbocycles. The first kappa shape index (κ1) is 7.06. The summed E-state index contributed by atoms with van der Waals surface area (Å²) in [6.45, 7) is 1.89. The van der Waals surface area contributed by atoms with Crippen molar-refractivity contribution in [1.82, 2.24) is 0 Å². The largest absolute Gasteiger partial charge is 0.469 e. The van der Waals surface area contributed by atoms with Crippen molar-refractivity contribution in [2.24, 2.45) is 0 Å². The van der Waals surface area contributed by atoms with Gasteiger partial charge in [-0.2, -0.15) is 0 Å². The molecule has 0 amide bonds. The Morgan fingerprint density at radius 3 is 3.00 bits per heavy atom. The van der Waals surface area contributed by atoms with Gasteiger partial charge < -0.3 is 9.21 Å². The van der Waals surface area contributed by atoms with E-state index in [0.29, 0.717) is 6.42 Å². The highest BCUT2D eigenvalue weighted by atomic mass is 16.3. The summed E-state index contributed by atoms with van der Waals surface area (Å²) in [6, 6.07) is 1.95. The lowest BCUT2D eigenvalue weighted by Crippen LogP contribution is -1.80. The fraction of sp³-hybridized carbons (Fsp3) is 0.375. The molecule has 0 aliphatic heterocycles. The van der Waals surface area contributed by atoms with E-state index in [1.807, 2.05) is 13.0 Å². The van der Waals surface area contributed by atoms with Gasteiger partial charge in [0.1, 0.15) is 12.0 Å². The number of carbonyl (C=O) groups excluding carboxylic acids is 1. The molecule has 0 aromatic carbocycles. The van der Waals surface area contributed by atoms with Crippen molar-refractivity contribution in [3.8, 4) is 0 Å². The highest BCUT2D eigenvalue weighted by molar-refractivity contribution is 5.49. The molecule has 0 bridgehead atoms. The van der Waals surface area contributed by atoms with E-state index in [2.05, 4.69) is 0 Å². The molecular weight excluding hydrogens is 128 g/mol. The molecule has 54 valence electrons. The summed E-state index contributed by atoms with van der Waals surface area (Å²) in [5.41, 5.74) is 1.10. The Hall–Kier alpha value is -1.05. The molecule has 0 aliphatic carbocycles. The Bertz CT molecular complexity index is 213. The van der Waals surface area contributed by atoms with Crippen molar-refractivity contribution >= 4 is 6.29 Å². The predicted molar refractivity (Wildman–Crippen MR) is 37.8 cm³/mol. The molecule has 10 heavy (non-hydrogen) atoms. The third kappa shape index (κ3) is 1.72. The van der Waals surface area contributed by atoms with Crippen LogP contribution in [0.1, 0.15) is 17.7 Å². The standard InChI is InChI=1S/C8H10O2/c1-7-5-8(6-10-7)3-2-4-9/h4-6H,2-3H2,1H3. The molecule has 0 N–H and O–H groups in total. The van der Waals surface area contributed by atoms with Gasteiger partial charge in [0.15, 0.2) is 0 Å². The fourth-order valence-corrected chi connectivity index (χ4v) is 0.854. The predicted octanol–water partition coefficient (Wildman–Crippen LogP) is 1.72. The van der Waals surface area contributed by atoms with E-state index in [1.165, 1.54) is 0 Å². The molecule has 1 rings (SSSR count). The second-order valence-corrected chi connectivity index (χ2v) is 2.27. The van der Waals surface area contributed by atoms with Crippen molar-refractivity contribution < 1.29 is 9.21 Å². The van der Waals surface area contributed by atoms with Gasteiger partial charge in [0.05, 0.1) is 6.26 Å². The van der Waals surface area contributed by atoms with Crippen LogP contribution in [0.4, 0.5) is 0 Å². The summed E-state index contributed by atoms with van der Waals surface area (Å²) < 4.78 is 5.05. The van der Waals surface area contributed by atoms with Crippen LogP contribution in [0.5, 0.6) is 0 Å². The van der Waals surface area contributed by atoms with E-state index >= 15 is 0 Å². The van der Waals surface area contributed by atoms with Gasteiger partial charge in [-0.05, 0) is 25.0 Å². The second kappa shape index (κ2) is 3.20. The minimum atomic E-state index is 0.582. The van der Waals surface area contributed by atoms with E-state index in [9.17, 15) is 4.79 Å². The number of aldehydes is 1. The van der Waals surface area contributed by atoms with Crippen molar-refractivity contribution in [2.45, 2.75) is 19.8 Å². The van der Waals surface area contributed by atoms with E-state index in [1.54, 1.807) is 6.26 Å². The zero-order valence-corrected chi connectivity index (χ0v) is 5.96. The lowest BCUT2D eigenvalue weighted by Gasteiger charge is -1.84. The second-order valence-electron chi connectivity index (χ2n) is 2.27. The van der Waals surface area contributed by atoms with E-state index in [-0.39, 0.29) is 0 Å². The number of aryl methyl sites for hydroxylation is 2. The Morgan fingerprint density at radius 2 is 2.50 bits per heavy atom. The molecule has 0 fully saturated rings. The van der Waals surface area contributed by atoms with E-state index in [4.69, 9.17) is 4.42 Å². The van der Waals surface area contributed by atoms with Gasteiger partial charge in [-0.1, -0.05) is 0 Å². The number of rotatable bonds is 3. The molecular formula is C8H10O2. The van der Waals surface area contributed by atoms with Gasteiger partial charge in [0, 0.05) is 6.42 Å². The third-order valence-corrected chi connectivity index (χ3v) is 1.34. The molecule has 0 unspecified atom stereocenters. The molecule has 0 atom stereocenters. The molecule has 1 aromatic rings. The zero-order valence-electron chi connectivity index (χ0n) is 5.96. The average Bonchev–Trinajstić information content (AvgIpc) is 2.31. The molecule has 2 nitrogen and oxygen atoms in total. The minimum absolute atomic E-state index is 0.582. The maximum Gasteiger partial charge on any atom is 0.120 e. The first-order valence-electron chi connectivity index (χ1n) is 3.30. The normalized spacial score (nSPS) is 9.70. The van der Waals surface area contributed by atoms with Gasteiger partial charge in [0.2, 0.25) is 0 Å². The molecule has 1 aromatic heterocycles. The van der Waals surface area contributed by atoms with Gasteiger partial charge in [0.25, 0.3) is 0 Å². The van der Waals surface area contributed by atoms with Crippen molar-refractivity contribution in [1.29, 1.82) is 0 Å². The van der Waals surface area contributed by atoms with Crippen LogP contribution < -0.4 is 0 Å². The number of hydrogen-bond donors (Lipinski definition) is 0. The molecule has 2 heteroatoms. The SMILES string of the molecule is Cc1cc(CCC=O)co1. The summed E-state index contributed by atoms with van der Waals surface area (Å²) in [5, 5.41) is 0. The molecule has 0 spiro atoms. The molecule has 1 heterocycles. The van der Waals surface area contributed by atoms with Gasteiger partial charge in [-0.15, -0.1) is 0 Å². The topological polar surface area (TPSA) is 30.2 Å². The third-order valence-electron chi connectivity index (χ3n) is 1.34. The van der Waals surface area contributed by atoms with Crippen LogP contribution in [0.15, 0.2) is 16.7 Å². The maximum absolute atomic E-state index is 9.95. The van der Waals surface area contributed by atoms with Crippen LogP contribution >= 0.6 is 0 Å². The number of carbonyl (C=O) groups is 1. The van der Waals surface area contributed by atoms with Gasteiger partial charge >= 0.3 is 0 Å². The Balaban J connectivity index is 2.49. The first-order valence-corrected chi connectivity index (χ1v) is 3.30. The molecule has 0 aliphatic rings. The molecule has 0 radical (unpaired) electrons. The van der Waals surface area contributed by atoms with Crippen LogP contribution in [0.25, 0.3) is 0 Å². The molecule has 0 saturated heterocycles. The van der Waals surface area contributed by atoms with Crippen LogP contribution in [-0.2, 0) is 11.2 Å². The van der Waals surface area contributed by atoms with Gasteiger partial charge in [-0.25, -0.2) is 0 Å². The zero-order chi connectivity index (χ0) is 7.40. The summed E-state index contributed by atoms with van der Waals surface area (Å²) in [6.07, 6.45) is 3.99. The highest BCUT2D eigenvalue weighted by Crippen LogP contribution is 2.07. The summed E-state index contributed by atoms with van der Waals surface area (Å²) in [4.78, 5) is 9.95. The van der Waals surface area contributed by atoms with Crippen molar-refractivity contribution in [3.05, 3.63) is 23.7 Å². The highest BCUT2D eigenvalue weighted by Gasteiger charge is 1.95. The Kier molecular flexibility index (Phi) is 2.26. The van der Waals surface area contributed by atoms with E-state index < -0.39 is 0 Å². The minimum Gasteiger partial charge on any atom is -0.469 e. The number of furan rings is 1. The lowest BCUT2D eigenvalue weighted by atomic mass is 10.2. The summed E-state index contributed by atoms with van der Waals surface area (Å²) >= 11 is 0. The maximum atomic E-state index is 9.95. The van der Waals surface area contributed by atoms with Crippen LogP contribution in [-0.4, -0.2) is 6.29 Å². The smallest absolute Gasteiger partial charge is 0.120 e. The average molecular weight is 138 g/mol. The fourth-order valence-electron chi connectivity index (χ4n) is 0.854.